The zero-order valence-corrected chi connectivity index (χ0v) is 12.1. The molecule has 2 rings (SSSR count). The standard InChI is InChI=1S/C15H13BrNO2/c1-18-15-4-2-3-13(9-15)11-19-17-10-12-5-7-14(16)8-6-12/h2-9H,11H2,1H3. The molecule has 0 heterocycles. The van der Waals surface area contributed by atoms with Crippen molar-refractivity contribution in [2.75, 3.05) is 7.11 Å². The Morgan fingerprint density at radius 2 is 1.95 bits per heavy atom. The number of rotatable bonds is 5. The van der Waals surface area contributed by atoms with Gasteiger partial charge >= 0.3 is 0 Å². The lowest BCUT2D eigenvalue weighted by Gasteiger charge is -2.02. The Bertz CT molecular complexity index is 552. The first kappa shape index (κ1) is 13.6. The summed E-state index contributed by atoms with van der Waals surface area (Å²) in [6.07, 6.45) is 2.82. The molecule has 0 fully saturated rings. The van der Waals surface area contributed by atoms with Crippen LogP contribution in [-0.2, 0) is 11.4 Å². The zero-order valence-electron chi connectivity index (χ0n) is 10.5. The lowest BCUT2D eigenvalue weighted by Crippen LogP contribution is -1.90. The van der Waals surface area contributed by atoms with Gasteiger partial charge in [-0.15, -0.1) is 0 Å². The highest BCUT2D eigenvalue weighted by Crippen LogP contribution is 2.13. The third-order valence-corrected chi connectivity index (χ3v) is 2.98. The number of ether oxygens (including phenoxy) is 1. The molecule has 0 spiro atoms. The molecule has 0 saturated heterocycles. The predicted molar refractivity (Wildman–Crippen MR) is 78.5 cm³/mol. The third kappa shape index (κ3) is 4.41. The van der Waals surface area contributed by atoms with Crippen molar-refractivity contribution in [2.45, 2.75) is 6.61 Å². The maximum Gasteiger partial charge on any atom is 0.142 e. The molecule has 2 aromatic rings. The van der Waals surface area contributed by atoms with Gasteiger partial charge in [-0.1, -0.05) is 45.4 Å². The smallest absolute Gasteiger partial charge is 0.142 e. The number of methoxy groups -OCH3 is 1. The van der Waals surface area contributed by atoms with Gasteiger partial charge in [-0.05, 0) is 29.8 Å². The summed E-state index contributed by atoms with van der Waals surface area (Å²) in [4.78, 5) is 5.20. The van der Waals surface area contributed by atoms with Crippen molar-refractivity contribution in [3.63, 3.8) is 0 Å². The van der Waals surface area contributed by atoms with Crippen molar-refractivity contribution in [3.05, 3.63) is 64.1 Å². The van der Waals surface area contributed by atoms with E-state index in [1.807, 2.05) is 48.5 Å². The van der Waals surface area contributed by atoms with E-state index in [0.717, 1.165) is 21.3 Å². The average Bonchev–Trinajstić information content (AvgIpc) is 2.46. The molecule has 3 nitrogen and oxygen atoms in total. The van der Waals surface area contributed by atoms with Crippen LogP contribution in [0, 0.1) is 0 Å². The minimum Gasteiger partial charge on any atom is -0.497 e. The molecular weight excluding hydrogens is 306 g/mol. The molecule has 97 valence electrons. The Balaban J connectivity index is 1.87. The summed E-state index contributed by atoms with van der Waals surface area (Å²) in [6.45, 7) is 0.390. The zero-order chi connectivity index (χ0) is 13.5. The average molecular weight is 319 g/mol. The van der Waals surface area contributed by atoms with Gasteiger partial charge in [-0.2, -0.15) is 0 Å². The maximum absolute atomic E-state index is 5.20. The normalized spacial score (nSPS) is 10.6. The summed E-state index contributed by atoms with van der Waals surface area (Å²) in [6, 6.07) is 15.3. The lowest BCUT2D eigenvalue weighted by atomic mass is 10.2. The fourth-order valence-electron chi connectivity index (χ4n) is 1.48. The second-order valence-electron chi connectivity index (χ2n) is 3.83. The molecular formula is C15H13BrNO2. The first-order valence-electron chi connectivity index (χ1n) is 5.74. The molecule has 0 atom stereocenters. The van der Waals surface area contributed by atoms with Crippen LogP contribution in [0.2, 0.25) is 0 Å². The van der Waals surface area contributed by atoms with Crippen LogP contribution in [0.1, 0.15) is 11.1 Å². The molecule has 0 aromatic heterocycles. The SMILES string of the molecule is COc1cccc(CO/N=[C]\c2ccc(Br)cc2)c1. The van der Waals surface area contributed by atoms with E-state index in [9.17, 15) is 0 Å². The molecule has 0 unspecified atom stereocenters. The first-order chi connectivity index (χ1) is 9.28. The number of halogens is 1. The summed E-state index contributed by atoms with van der Waals surface area (Å²) in [5.41, 5.74) is 1.87. The van der Waals surface area contributed by atoms with Gasteiger partial charge in [-0.25, -0.2) is 0 Å². The number of hydrogen-bond donors (Lipinski definition) is 0. The van der Waals surface area contributed by atoms with Gasteiger partial charge in [0.1, 0.15) is 18.6 Å². The Kier molecular flexibility index (Phi) is 4.98. The third-order valence-electron chi connectivity index (χ3n) is 2.45. The topological polar surface area (TPSA) is 30.8 Å². The van der Waals surface area contributed by atoms with Crippen molar-refractivity contribution in [3.8, 4) is 5.75 Å². The molecule has 0 aliphatic heterocycles. The monoisotopic (exact) mass is 318 g/mol. The summed E-state index contributed by atoms with van der Waals surface area (Å²) < 4.78 is 6.16. The number of benzene rings is 2. The van der Waals surface area contributed by atoms with Crippen molar-refractivity contribution in [1.82, 2.24) is 0 Å². The van der Waals surface area contributed by atoms with Gasteiger partial charge in [0.25, 0.3) is 0 Å². The molecule has 1 radical (unpaired) electrons. The molecule has 0 N–H and O–H groups in total. The Hall–Kier alpha value is -1.81. The Morgan fingerprint density at radius 3 is 2.68 bits per heavy atom. The van der Waals surface area contributed by atoms with Crippen LogP contribution in [0.4, 0.5) is 0 Å². The summed E-state index contributed by atoms with van der Waals surface area (Å²) in [5, 5.41) is 3.82. The molecule has 2 aromatic carbocycles. The summed E-state index contributed by atoms with van der Waals surface area (Å²) in [7, 11) is 1.64. The van der Waals surface area contributed by atoms with Crippen LogP contribution in [-0.4, -0.2) is 13.3 Å². The van der Waals surface area contributed by atoms with Crippen molar-refractivity contribution in [2.24, 2.45) is 5.16 Å². The molecule has 0 aliphatic carbocycles. The van der Waals surface area contributed by atoms with E-state index in [0.29, 0.717) is 6.61 Å². The van der Waals surface area contributed by atoms with E-state index in [1.54, 1.807) is 7.11 Å². The second kappa shape index (κ2) is 6.95. The van der Waals surface area contributed by atoms with Gasteiger partial charge in [0.05, 0.1) is 7.11 Å². The van der Waals surface area contributed by atoms with Crippen LogP contribution in [0.15, 0.2) is 58.2 Å². The number of nitrogens with zero attached hydrogens (tertiary/aromatic N) is 1. The first-order valence-corrected chi connectivity index (χ1v) is 6.54. The van der Waals surface area contributed by atoms with E-state index in [4.69, 9.17) is 9.57 Å². The lowest BCUT2D eigenvalue weighted by molar-refractivity contribution is 0.132. The maximum atomic E-state index is 5.20. The van der Waals surface area contributed by atoms with Crippen molar-refractivity contribution < 1.29 is 9.57 Å². The molecule has 19 heavy (non-hydrogen) atoms. The Morgan fingerprint density at radius 1 is 1.16 bits per heavy atom. The minimum absolute atomic E-state index is 0.390. The molecule has 0 aliphatic rings. The van der Waals surface area contributed by atoms with Gasteiger partial charge in [0, 0.05) is 10.0 Å². The highest BCUT2D eigenvalue weighted by atomic mass is 79.9. The van der Waals surface area contributed by atoms with Crippen LogP contribution in [0.5, 0.6) is 5.75 Å². The fraction of sp³-hybridized carbons (Fsp3) is 0.133. The fourth-order valence-corrected chi connectivity index (χ4v) is 1.74. The van der Waals surface area contributed by atoms with E-state index >= 15 is 0 Å². The summed E-state index contributed by atoms with van der Waals surface area (Å²) in [5.74, 6) is 0.807. The van der Waals surface area contributed by atoms with Gasteiger partial charge in [0.2, 0.25) is 0 Å². The van der Waals surface area contributed by atoms with Gasteiger partial charge in [0.15, 0.2) is 0 Å². The van der Waals surface area contributed by atoms with Crippen LogP contribution in [0.3, 0.4) is 0 Å². The second-order valence-corrected chi connectivity index (χ2v) is 4.75. The quantitative estimate of drug-likeness (QED) is 0.618. The van der Waals surface area contributed by atoms with Crippen molar-refractivity contribution in [1.29, 1.82) is 0 Å². The van der Waals surface area contributed by atoms with Gasteiger partial charge < -0.3 is 9.57 Å². The Labute approximate surface area is 121 Å². The minimum atomic E-state index is 0.390. The van der Waals surface area contributed by atoms with E-state index in [1.165, 1.54) is 0 Å². The highest BCUT2D eigenvalue weighted by molar-refractivity contribution is 9.10. The van der Waals surface area contributed by atoms with Crippen LogP contribution in [0.25, 0.3) is 0 Å². The molecule has 0 amide bonds. The molecule has 4 heteroatoms. The van der Waals surface area contributed by atoms with Crippen LogP contribution < -0.4 is 4.74 Å². The predicted octanol–water partition coefficient (Wildman–Crippen LogP) is 3.89. The summed E-state index contributed by atoms with van der Waals surface area (Å²) >= 11 is 3.37. The number of hydrogen-bond acceptors (Lipinski definition) is 3. The van der Waals surface area contributed by atoms with Gasteiger partial charge in [-0.3, -0.25) is 0 Å². The highest BCUT2D eigenvalue weighted by Gasteiger charge is 1.95. The molecule has 0 bridgehead atoms. The van der Waals surface area contributed by atoms with E-state index < -0.39 is 0 Å². The van der Waals surface area contributed by atoms with E-state index in [-0.39, 0.29) is 0 Å². The van der Waals surface area contributed by atoms with Crippen LogP contribution >= 0.6 is 15.9 Å². The van der Waals surface area contributed by atoms with Crippen molar-refractivity contribution >= 4 is 22.1 Å². The largest absolute Gasteiger partial charge is 0.497 e. The molecule has 0 saturated carbocycles. The van der Waals surface area contributed by atoms with E-state index in [2.05, 4.69) is 27.3 Å².